The number of hydrogen-bond acceptors (Lipinski definition) is 8. The molecule has 3 heterocycles. The van der Waals surface area contributed by atoms with Crippen LogP contribution in [0.15, 0.2) is 54.0 Å². The molecule has 3 aromatic heterocycles. The molecular weight excluding hydrogens is 620 g/mol. The summed E-state index contributed by atoms with van der Waals surface area (Å²) < 4.78 is 10.8. The molecule has 0 aliphatic rings. The van der Waals surface area contributed by atoms with E-state index >= 15 is 0 Å². The lowest BCUT2D eigenvalue weighted by molar-refractivity contribution is 0.0457. The average Bonchev–Trinajstić information content (AvgIpc) is 3.64. The maximum absolute atomic E-state index is 12.6. The molecule has 0 radical (unpaired) electrons. The van der Waals surface area contributed by atoms with Crippen molar-refractivity contribution in [1.82, 2.24) is 35.2 Å². The molecule has 12 heteroatoms. The highest BCUT2D eigenvalue weighted by molar-refractivity contribution is 5.83. The summed E-state index contributed by atoms with van der Waals surface area (Å²) in [4.78, 5) is 54.1. The minimum atomic E-state index is -0.638. The molecule has 3 N–H and O–H groups in total. The Hall–Kier alpha value is -4.87. The number of benzene rings is 1. The number of alkyl carbamates (subject to hydrolysis) is 1. The summed E-state index contributed by atoms with van der Waals surface area (Å²) in [5, 5.41) is 2.97. The Labute approximate surface area is 289 Å². The van der Waals surface area contributed by atoms with Crippen LogP contribution in [-0.4, -0.2) is 59.5 Å². The highest BCUT2D eigenvalue weighted by atomic mass is 16.6. The molecule has 1 aromatic carbocycles. The van der Waals surface area contributed by atoms with Crippen molar-refractivity contribution in [3.05, 3.63) is 60.7 Å². The molecule has 0 fully saturated rings. The SMILES string of the molecule is CC(C)(C)OC(=O)/N=C\C(c1nc(-c2cnc(-c3ccc(-c4c[nH]c([C@@H](NC(=O)OC(C)(C)C)C(C)(C)C)n4)cc3)nc2)c[nH]1)C(C)(C)C. The normalized spacial score (nSPS) is 14.0. The van der Waals surface area contributed by atoms with E-state index in [-0.39, 0.29) is 16.7 Å². The lowest BCUT2D eigenvalue weighted by Crippen LogP contribution is -2.40. The third-order valence-corrected chi connectivity index (χ3v) is 7.33. The molecular formula is C37H50N8O4. The Bertz CT molecular complexity index is 1760. The minimum Gasteiger partial charge on any atom is -0.444 e. The van der Waals surface area contributed by atoms with Crippen molar-refractivity contribution < 1.29 is 19.1 Å². The number of carbonyl (C=O) groups is 2. The number of carbonyl (C=O) groups excluding carboxylic acids is 2. The molecule has 4 aromatic rings. The first-order valence-corrected chi connectivity index (χ1v) is 16.4. The lowest BCUT2D eigenvalue weighted by atomic mass is 9.81. The minimum absolute atomic E-state index is 0.265. The van der Waals surface area contributed by atoms with Crippen LogP contribution in [0.1, 0.15) is 107 Å². The number of nitrogens with zero attached hydrogens (tertiary/aromatic N) is 5. The second-order valence-electron chi connectivity index (χ2n) is 16.3. The van der Waals surface area contributed by atoms with E-state index in [1.807, 2.05) is 72.0 Å². The lowest BCUT2D eigenvalue weighted by Gasteiger charge is -2.31. The standard InChI is InChI=1S/C37H50N8O4/c1-34(2,3)25(19-42-32(46)48-36(7,8)9)30-40-21-27(43-30)24-17-38-29(39-18-24)23-15-13-22(14-16-23)26-20-41-31(44-26)28(35(4,5)6)45-33(47)49-37(10,11)12/h13-21,25,28H,1-12H3,(H,40,43)(H,41,44)(H,45,47)/b42-19-/t25?,28-/m1/s1. The van der Waals surface area contributed by atoms with Gasteiger partial charge in [-0.15, -0.1) is 0 Å². The summed E-state index contributed by atoms with van der Waals surface area (Å²) in [5.41, 5.74) is 2.11. The van der Waals surface area contributed by atoms with Crippen LogP contribution in [0, 0.1) is 10.8 Å². The van der Waals surface area contributed by atoms with E-state index in [0.717, 1.165) is 22.4 Å². The number of rotatable bonds is 7. The molecule has 2 amide bonds. The van der Waals surface area contributed by atoms with Gasteiger partial charge in [0, 0.05) is 47.7 Å². The van der Waals surface area contributed by atoms with Gasteiger partial charge in [-0.25, -0.2) is 29.5 Å². The molecule has 0 bridgehead atoms. The van der Waals surface area contributed by atoms with Crippen LogP contribution in [0.25, 0.3) is 33.9 Å². The van der Waals surface area contributed by atoms with Gasteiger partial charge in [-0.3, -0.25) is 0 Å². The predicted molar refractivity (Wildman–Crippen MR) is 191 cm³/mol. The predicted octanol–water partition coefficient (Wildman–Crippen LogP) is 8.67. The number of H-pyrrole nitrogens is 2. The van der Waals surface area contributed by atoms with E-state index in [0.29, 0.717) is 23.2 Å². The van der Waals surface area contributed by atoms with Gasteiger partial charge < -0.3 is 24.8 Å². The van der Waals surface area contributed by atoms with Crippen molar-refractivity contribution in [2.75, 3.05) is 0 Å². The van der Waals surface area contributed by atoms with Crippen LogP contribution < -0.4 is 5.32 Å². The third-order valence-electron chi connectivity index (χ3n) is 7.33. The summed E-state index contributed by atoms with van der Waals surface area (Å²) in [6.07, 6.45) is 7.56. The van der Waals surface area contributed by atoms with Crippen molar-refractivity contribution in [1.29, 1.82) is 0 Å². The molecule has 0 spiro atoms. The van der Waals surface area contributed by atoms with E-state index in [1.54, 1.807) is 45.6 Å². The molecule has 262 valence electrons. The quantitative estimate of drug-likeness (QED) is 0.165. The number of aliphatic imine (C=N–C) groups is 1. The second kappa shape index (κ2) is 13.9. The fourth-order valence-electron chi connectivity index (χ4n) is 4.92. The van der Waals surface area contributed by atoms with E-state index in [1.165, 1.54) is 0 Å². The molecule has 0 aliphatic heterocycles. The Balaban J connectivity index is 1.47. The maximum Gasteiger partial charge on any atom is 0.433 e. The van der Waals surface area contributed by atoms with E-state index in [4.69, 9.17) is 19.4 Å². The van der Waals surface area contributed by atoms with Gasteiger partial charge >= 0.3 is 12.2 Å². The highest BCUT2D eigenvalue weighted by Gasteiger charge is 2.32. The van der Waals surface area contributed by atoms with Crippen LogP contribution in [0.5, 0.6) is 0 Å². The molecule has 0 saturated heterocycles. The number of aromatic nitrogens is 6. The molecule has 49 heavy (non-hydrogen) atoms. The Kier molecular flexibility index (Phi) is 10.5. The van der Waals surface area contributed by atoms with Crippen LogP contribution in [0.3, 0.4) is 0 Å². The zero-order valence-corrected chi connectivity index (χ0v) is 30.7. The number of ether oxygens (including phenoxy) is 2. The van der Waals surface area contributed by atoms with Gasteiger partial charge in [-0.2, -0.15) is 4.99 Å². The first kappa shape index (κ1) is 37.0. The van der Waals surface area contributed by atoms with Crippen LogP contribution in [0.4, 0.5) is 9.59 Å². The maximum atomic E-state index is 12.6. The molecule has 0 saturated carbocycles. The summed E-state index contributed by atoms with van der Waals surface area (Å²) >= 11 is 0. The average molecular weight is 671 g/mol. The molecule has 1 unspecified atom stereocenters. The number of amides is 2. The van der Waals surface area contributed by atoms with Gasteiger partial charge in [-0.1, -0.05) is 65.8 Å². The molecule has 2 atom stereocenters. The number of nitrogens with one attached hydrogen (secondary N) is 3. The van der Waals surface area contributed by atoms with Crippen LogP contribution in [0.2, 0.25) is 0 Å². The van der Waals surface area contributed by atoms with E-state index < -0.39 is 29.4 Å². The third kappa shape index (κ3) is 10.3. The summed E-state index contributed by atoms with van der Waals surface area (Å²) in [7, 11) is 0. The Morgan fingerprint density at radius 3 is 1.76 bits per heavy atom. The van der Waals surface area contributed by atoms with Gasteiger partial charge in [0.25, 0.3) is 0 Å². The first-order valence-electron chi connectivity index (χ1n) is 16.4. The number of hydrogen-bond donors (Lipinski definition) is 3. The monoisotopic (exact) mass is 670 g/mol. The summed E-state index contributed by atoms with van der Waals surface area (Å²) in [6, 6.07) is 7.43. The van der Waals surface area contributed by atoms with Crippen molar-refractivity contribution >= 4 is 18.4 Å². The van der Waals surface area contributed by atoms with Crippen LogP contribution in [-0.2, 0) is 9.47 Å². The van der Waals surface area contributed by atoms with Gasteiger partial charge in [0.15, 0.2) is 5.82 Å². The topological polar surface area (TPSA) is 160 Å². The smallest absolute Gasteiger partial charge is 0.433 e. The zero-order chi connectivity index (χ0) is 36.4. The van der Waals surface area contributed by atoms with Gasteiger partial charge in [0.1, 0.15) is 22.9 Å². The Morgan fingerprint density at radius 2 is 1.22 bits per heavy atom. The molecule has 4 rings (SSSR count). The fourth-order valence-corrected chi connectivity index (χ4v) is 4.92. The van der Waals surface area contributed by atoms with Gasteiger partial charge in [0.05, 0.1) is 23.3 Å². The fraction of sp³-hybridized carbons (Fsp3) is 0.486. The van der Waals surface area contributed by atoms with Crippen LogP contribution >= 0.6 is 0 Å². The summed E-state index contributed by atoms with van der Waals surface area (Å²) in [6.45, 7) is 23.2. The van der Waals surface area contributed by atoms with Crippen molar-refractivity contribution in [3.63, 3.8) is 0 Å². The van der Waals surface area contributed by atoms with E-state index in [2.05, 4.69) is 51.0 Å². The Morgan fingerprint density at radius 1 is 0.714 bits per heavy atom. The molecule has 12 nitrogen and oxygen atoms in total. The van der Waals surface area contributed by atoms with Crippen molar-refractivity contribution in [2.45, 2.75) is 106 Å². The number of imidazole rings is 2. The number of aromatic amines is 2. The van der Waals surface area contributed by atoms with Crippen molar-refractivity contribution in [2.24, 2.45) is 15.8 Å². The van der Waals surface area contributed by atoms with Gasteiger partial charge in [-0.05, 0) is 52.4 Å². The second-order valence-corrected chi connectivity index (χ2v) is 16.3. The first-order chi connectivity index (χ1) is 22.6. The summed E-state index contributed by atoms with van der Waals surface area (Å²) in [5.74, 6) is 1.62. The van der Waals surface area contributed by atoms with Crippen molar-refractivity contribution in [3.8, 4) is 33.9 Å². The highest BCUT2D eigenvalue weighted by Crippen LogP contribution is 2.34. The van der Waals surface area contributed by atoms with E-state index in [9.17, 15) is 9.59 Å². The molecule has 0 aliphatic carbocycles. The largest absolute Gasteiger partial charge is 0.444 e. The van der Waals surface area contributed by atoms with Gasteiger partial charge in [0.2, 0.25) is 0 Å². The zero-order valence-electron chi connectivity index (χ0n) is 30.7.